The lowest BCUT2D eigenvalue weighted by molar-refractivity contribution is 0.0771. The zero-order valence-electron chi connectivity index (χ0n) is 11.2. The number of thiophene rings is 1. The van der Waals surface area contributed by atoms with Crippen LogP contribution in [0.4, 0.5) is 0 Å². The lowest BCUT2D eigenvalue weighted by Crippen LogP contribution is -2.30. The van der Waals surface area contributed by atoms with Crippen molar-refractivity contribution in [3.05, 3.63) is 40.2 Å². The summed E-state index contributed by atoms with van der Waals surface area (Å²) in [5.74, 6) is 0.595. The number of hydrogen-bond donors (Lipinski definition) is 0. The van der Waals surface area contributed by atoms with Crippen molar-refractivity contribution in [2.24, 2.45) is 0 Å². The number of amides is 1. The first-order chi connectivity index (χ1) is 9.72. The van der Waals surface area contributed by atoms with Crippen LogP contribution in [-0.4, -0.2) is 40.2 Å². The Balaban J connectivity index is 1.59. The van der Waals surface area contributed by atoms with Crippen LogP contribution in [0.2, 0.25) is 0 Å². The van der Waals surface area contributed by atoms with Crippen molar-refractivity contribution in [3.63, 3.8) is 0 Å². The highest BCUT2D eigenvalue weighted by atomic mass is 32.1. The number of hydrogen-bond acceptors (Lipinski definition) is 5. The zero-order chi connectivity index (χ0) is 13.9. The molecule has 0 aromatic carbocycles. The fourth-order valence-electron chi connectivity index (χ4n) is 2.20. The van der Waals surface area contributed by atoms with E-state index in [0.717, 1.165) is 24.2 Å². The second kappa shape index (κ2) is 5.58. The fourth-order valence-corrected chi connectivity index (χ4v) is 2.83. The maximum Gasteiger partial charge on any atom is 0.254 e. The fraction of sp³-hybridized carbons (Fsp3) is 0.357. The molecule has 3 rings (SSSR count). The number of aryl methyl sites for hydroxylation is 1. The summed E-state index contributed by atoms with van der Waals surface area (Å²) in [7, 11) is 0. The van der Waals surface area contributed by atoms with Crippen molar-refractivity contribution in [2.75, 3.05) is 13.1 Å². The summed E-state index contributed by atoms with van der Waals surface area (Å²) in [4.78, 5) is 14.0. The molecule has 0 N–H and O–H groups in total. The van der Waals surface area contributed by atoms with Crippen LogP contribution in [0.25, 0.3) is 0 Å². The Morgan fingerprint density at radius 2 is 2.30 bits per heavy atom. The van der Waals surface area contributed by atoms with Crippen LogP contribution in [0.15, 0.2) is 29.0 Å². The minimum Gasteiger partial charge on any atom is -0.471 e. The number of rotatable bonds is 3. The van der Waals surface area contributed by atoms with E-state index >= 15 is 0 Å². The lowest BCUT2D eigenvalue weighted by atomic mass is 10.3. The molecule has 104 valence electrons. The standard InChI is InChI=1S/C14H15N3O2S/c1-10-2-3-13(16-15-10)19-12-4-6-17(8-12)14(18)11-5-7-20-9-11/h2-3,5,7,9,12H,4,6,8H2,1H3/t12-/m0/s1. The van der Waals surface area contributed by atoms with Gasteiger partial charge in [-0.05, 0) is 24.4 Å². The van der Waals surface area contributed by atoms with E-state index in [9.17, 15) is 4.79 Å². The third-order valence-electron chi connectivity index (χ3n) is 3.26. The monoisotopic (exact) mass is 289 g/mol. The maximum atomic E-state index is 12.2. The van der Waals surface area contributed by atoms with E-state index in [1.165, 1.54) is 11.3 Å². The van der Waals surface area contributed by atoms with Gasteiger partial charge in [-0.1, -0.05) is 0 Å². The van der Waals surface area contributed by atoms with E-state index in [-0.39, 0.29) is 12.0 Å². The molecule has 0 bridgehead atoms. The molecule has 0 radical (unpaired) electrons. The molecule has 1 saturated heterocycles. The predicted molar refractivity (Wildman–Crippen MR) is 76.0 cm³/mol. The first-order valence-electron chi connectivity index (χ1n) is 6.51. The van der Waals surface area contributed by atoms with Gasteiger partial charge in [-0.25, -0.2) is 0 Å². The van der Waals surface area contributed by atoms with Crippen molar-refractivity contribution >= 4 is 17.2 Å². The molecule has 0 aliphatic carbocycles. The van der Waals surface area contributed by atoms with Gasteiger partial charge >= 0.3 is 0 Å². The second-order valence-electron chi connectivity index (χ2n) is 4.80. The summed E-state index contributed by atoms with van der Waals surface area (Å²) in [6.07, 6.45) is 0.820. The average molecular weight is 289 g/mol. The predicted octanol–water partition coefficient (Wildman–Crippen LogP) is 2.14. The molecule has 1 aliphatic heterocycles. The summed E-state index contributed by atoms with van der Waals surface area (Å²) >= 11 is 1.53. The molecule has 1 atom stereocenters. The summed E-state index contributed by atoms with van der Waals surface area (Å²) in [5.41, 5.74) is 1.61. The molecule has 5 nitrogen and oxygen atoms in total. The van der Waals surface area contributed by atoms with E-state index < -0.39 is 0 Å². The first kappa shape index (κ1) is 13.1. The summed E-state index contributed by atoms with van der Waals surface area (Å²) in [6, 6.07) is 5.53. The smallest absolute Gasteiger partial charge is 0.254 e. The van der Waals surface area contributed by atoms with Crippen molar-refractivity contribution in [2.45, 2.75) is 19.4 Å². The van der Waals surface area contributed by atoms with Gasteiger partial charge in [-0.2, -0.15) is 16.4 Å². The lowest BCUT2D eigenvalue weighted by Gasteiger charge is -2.16. The number of nitrogens with zero attached hydrogens (tertiary/aromatic N) is 3. The molecule has 1 aliphatic rings. The van der Waals surface area contributed by atoms with Gasteiger partial charge < -0.3 is 9.64 Å². The third kappa shape index (κ3) is 2.80. The van der Waals surface area contributed by atoms with Crippen molar-refractivity contribution in [1.29, 1.82) is 0 Å². The van der Waals surface area contributed by atoms with Crippen LogP contribution in [0.1, 0.15) is 22.5 Å². The van der Waals surface area contributed by atoms with Crippen LogP contribution in [0.5, 0.6) is 5.88 Å². The van der Waals surface area contributed by atoms with Gasteiger partial charge in [0.25, 0.3) is 5.91 Å². The Labute approximate surface area is 121 Å². The van der Waals surface area contributed by atoms with Gasteiger partial charge in [0.1, 0.15) is 6.10 Å². The molecule has 6 heteroatoms. The minimum atomic E-state index is -0.00501. The average Bonchev–Trinajstić information content (AvgIpc) is 3.12. The summed E-state index contributed by atoms with van der Waals surface area (Å²) < 4.78 is 5.76. The maximum absolute atomic E-state index is 12.2. The van der Waals surface area contributed by atoms with Crippen LogP contribution in [0.3, 0.4) is 0 Å². The highest BCUT2D eigenvalue weighted by Gasteiger charge is 2.28. The van der Waals surface area contributed by atoms with Crippen LogP contribution in [0, 0.1) is 6.92 Å². The van der Waals surface area contributed by atoms with Gasteiger partial charge in [-0.3, -0.25) is 4.79 Å². The van der Waals surface area contributed by atoms with Gasteiger partial charge in [0.05, 0.1) is 17.8 Å². The summed E-state index contributed by atoms with van der Waals surface area (Å²) in [5, 5.41) is 11.7. The Kier molecular flexibility index (Phi) is 3.64. The van der Waals surface area contributed by atoms with E-state index in [1.807, 2.05) is 40.8 Å². The topological polar surface area (TPSA) is 55.3 Å². The van der Waals surface area contributed by atoms with Gasteiger partial charge in [0.2, 0.25) is 5.88 Å². The third-order valence-corrected chi connectivity index (χ3v) is 3.94. The van der Waals surface area contributed by atoms with Crippen molar-refractivity contribution in [3.8, 4) is 5.88 Å². The molecule has 0 spiro atoms. The first-order valence-corrected chi connectivity index (χ1v) is 7.45. The second-order valence-corrected chi connectivity index (χ2v) is 5.58. The number of ether oxygens (including phenoxy) is 1. The van der Waals surface area contributed by atoms with E-state index in [2.05, 4.69) is 10.2 Å². The molecule has 0 unspecified atom stereocenters. The van der Waals surface area contributed by atoms with Crippen molar-refractivity contribution < 1.29 is 9.53 Å². The Morgan fingerprint density at radius 1 is 1.40 bits per heavy atom. The molecule has 1 amide bonds. The van der Waals surface area contributed by atoms with Gasteiger partial charge in [0.15, 0.2) is 0 Å². The minimum absolute atomic E-state index is 0.00501. The van der Waals surface area contributed by atoms with Crippen molar-refractivity contribution in [1.82, 2.24) is 15.1 Å². The van der Waals surface area contributed by atoms with Crippen LogP contribution in [-0.2, 0) is 0 Å². The highest BCUT2D eigenvalue weighted by Crippen LogP contribution is 2.19. The summed E-state index contributed by atoms with van der Waals surface area (Å²) in [6.45, 7) is 3.20. The Bertz CT molecular complexity index is 583. The van der Waals surface area contributed by atoms with Crippen LogP contribution < -0.4 is 4.74 Å². The molecular weight excluding hydrogens is 274 g/mol. The largest absolute Gasteiger partial charge is 0.471 e. The molecule has 20 heavy (non-hydrogen) atoms. The van der Waals surface area contributed by atoms with E-state index in [0.29, 0.717) is 12.4 Å². The van der Waals surface area contributed by atoms with Crippen LogP contribution >= 0.6 is 11.3 Å². The van der Waals surface area contributed by atoms with E-state index in [1.54, 1.807) is 0 Å². The zero-order valence-corrected chi connectivity index (χ0v) is 12.0. The Hall–Kier alpha value is -1.95. The molecule has 2 aromatic heterocycles. The number of likely N-dealkylation sites (tertiary alicyclic amines) is 1. The highest BCUT2D eigenvalue weighted by molar-refractivity contribution is 7.08. The normalized spacial score (nSPS) is 18.2. The Morgan fingerprint density at radius 3 is 3.00 bits per heavy atom. The van der Waals surface area contributed by atoms with Gasteiger partial charge in [-0.15, -0.1) is 5.10 Å². The van der Waals surface area contributed by atoms with E-state index in [4.69, 9.17) is 4.74 Å². The number of carbonyl (C=O) groups excluding carboxylic acids is 1. The number of carbonyl (C=O) groups is 1. The molecule has 2 aromatic rings. The quantitative estimate of drug-likeness (QED) is 0.868. The van der Waals surface area contributed by atoms with Gasteiger partial charge in [0, 0.05) is 24.4 Å². The molecule has 3 heterocycles. The molecule has 1 fully saturated rings. The number of aromatic nitrogens is 2. The SMILES string of the molecule is Cc1ccc(O[C@H]2CCN(C(=O)c3ccsc3)C2)nn1. The molecule has 0 saturated carbocycles. The molecular formula is C14H15N3O2S.